The molecule has 1 atom stereocenters. The summed E-state index contributed by atoms with van der Waals surface area (Å²) in [6.07, 6.45) is 1.24. The third kappa shape index (κ3) is 4.63. The van der Waals surface area contributed by atoms with Crippen molar-refractivity contribution in [1.82, 2.24) is 5.32 Å². The maximum absolute atomic E-state index is 11.9. The van der Waals surface area contributed by atoms with Crippen molar-refractivity contribution in [1.29, 1.82) is 0 Å². The van der Waals surface area contributed by atoms with Gasteiger partial charge in [0.25, 0.3) is 5.91 Å². The van der Waals surface area contributed by atoms with Crippen molar-refractivity contribution in [2.45, 2.75) is 45.8 Å². The van der Waals surface area contributed by atoms with Gasteiger partial charge >= 0.3 is 0 Å². The van der Waals surface area contributed by atoms with E-state index in [4.69, 9.17) is 22.1 Å². The highest BCUT2D eigenvalue weighted by Gasteiger charge is 2.17. The van der Waals surface area contributed by atoms with E-state index in [9.17, 15) is 4.79 Å². The molecule has 0 aromatic heterocycles. The Morgan fingerprint density at radius 2 is 2.05 bits per heavy atom. The fourth-order valence-electron chi connectivity index (χ4n) is 1.65. The number of halogens is 1. The summed E-state index contributed by atoms with van der Waals surface area (Å²) in [4.78, 5) is 11.9. The van der Waals surface area contributed by atoms with Crippen LogP contribution in [-0.2, 0) is 4.79 Å². The van der Waals surface area contributed by atoms with Gasteiger partial charge in [0, 0.05) is 12.1 Å². The Hall–Kier alpha value is -1.42. The molecule has 0 fully saturated rings. The van der Waals surface area contributed by atoms with E-state index >= 15 is 0 Å². The molecule has 0 heterocycles. The lowest BCUT2D eigenvalue weighted by atomic mass is 10.1. The Labute approximate surface area is 119 Å². The second kappa shape index (κ2) is 7.24. The number of benzene rings is 1. The lowest BCUT2D eigenvalue weighted by Gasteiger charge is -2.19. The largest absolute Gasteiger partial charge is 0.481 e. The average molecular weight is 285 g/mol. The van der Waals surface area contributed by atoms with Gasteiger partial charge < -0.3 is 15.8 Å². The van der Waals surface area contributed by atoms with Crippen molar-refractivity contribution in [2.24, 2.45) is 0 Å². The minimum atomic E-state index is -0.569. The van der Waals surface area contributed by atoms with E-state index < -0.39 is 6.10 Å². The highest BCUT2D eigenvalue weighted by molar-refractivity contribution is 6.33. The number of hydrogen-bond donors (Lipinski definition) is 2. The summed E-state index contributed by atoms with van der Waals surface area (Å²) < 4.78 is 5.55. The van der Waals surface area contributed by atoms with Crippen LogP contribution in [-0.4, -0.2) is 18.1 Å². The highest BCUT2D eigenvalue weighted by Crippen LogP contribution is 2.24. The fraction of sp³-hybridized carbons (Fsp3) is 0.500. The molecule has 0 saturated carbocycles. The lowest BCUT2D eigenvalue weighted by molar-refractivity contribution is -0.128. The van der Waals surface area contributed by atoms with Crippen LogP contribution in [0.1, 0.15) is 33.6 Å². The standard InChI is InChI=1S/C14H21ClN2O2/c1-4-10(5-2)17-14(18)9(3)19-11-6-7-13(16)12(15)8-11/h6-10H,4-5,16H2,1-3H3,(H,17,18). The number of carbonyl (C=O) groups is 1. The van der Waals surface area contributed by atoms with Gasteiger partial charge in [-0.05, 0) is 31.9 Å². The number of hydrogen-bond acceptors (Lipinski definition) is 3. The Balaban J connectivity index is 2.60. The van der Waals surface area contributed by atoms with Gasteiger partial charge in [-0.15, -0.1) is 0 Å². The molecule has 1 rings (SSSR count). The van der Waals surface area contributed by atoms with Gasteiger partial charge in [-0.2, -0.15) is 0 Å². The first-order valence-electron chi connectivity index (χ1n) is 6.50. The molecule has 1 aromatic carbocycles. The van der Waals surface area contributed by atoms with E-state index in [1.165, 1.54) is 0 Å². The zero-order valence-electron chi connectivity index (χ0n) is 11.6. The number of nitrogens with two attached hydrogens (primary N) is 1. The van der Waals surface area contributed by atoms with Crippen LogP contribution >= 0.6 is 11.6 Å². The maximum atomic E-state index is 11.9. The third-order valence-corrected chi connectivity index (χ3v) is 3.31. The zero-order valence-corrected chi connectivity index (χ0v) is 12.3. The van der Waals surface area contributed by atoms with E-state index in [2.05, 4.69) is 5.32 Å². The second-order valence-electron chi connectivity index (χ2n) is 4.47. The smallest absolute Gasteiger partial charge is 0.260 e. The van der Waals surface area contributed by atoms with Crippen LogP contribution in [0.15, 0.2) is 18.2 Å². The van der Waals surface area contributed by atoms with Crippen molar-refractivity contribution < 1.29 is 9.53 Å². The van der Waals surface area contributed by atoms with E-state index in [1.54, 1.807) is 25.1 Å². The summed E-state index contributed by atoms with van der Waals surface area (Å²) in [5.41, 5.74) is 6.10. The number of amides is 1. The molecule has 0 bridgehead atoms. The molecule has 0 aliphatic heterocycles. The summed E-state index contributed by atoms with van der Waals surface area (Å²) in [5, 5.41) is 3.36. The number of nitrogen functional groups attached to an aromatic ring is 1. The maximum Gasteiger partial charge on any atom is 0.260 e. The van der Waals surface area contributed by atoms with E-state index in [1.807, 2.05) is 13.8 Å². The average Bonchev–Trinajstić information content (AvgIpc) is 2.39. The quantitative estimate of drug-likeness (QED) is 0.789. The van der Waals surface area contributed by atoms with Crippen LogP contribution in [0.25, 0.3) is 0 Å². The van der Waals surface area contributed by atoms with E-state index in [-0.39, 0.29) is 11.9 Å². The van der Waals surface area contributed by atoms with Crippen LogP contribution in [0.5, 0.6) is 5.75 Å². The molecule has 0 saturated heterocycles. The van der Waals surface area contributed by atoms with Gasteiger partial charge in [0.2, 0.25) is 0 Å². The van der Waals surface area contributed by atoms with Gasteiger partial charge in [-0.3, -0.25) is 4.79 Å². The normalized spacial score (nSPS) is 12.3. The molecule has 4 nitrogen and oxygen atoms in total. The molecule has 0 spiro atoms. The predicted octanol–water partition coefficient (Wildman–Crippen LogP) is 2.99. The molecule has 3 N–H and O–H groups in total. The van der Waals surface area contributed by atoms with Gasteiger partial charge in [0.1, 0.15) is 5.75 Å². The molecule has 19 heavy (non-hydrogen) atoms. The van der Waals surface area contributed by atoms with E-state index in [0.717, 1.165) is 12.8 Å². The molecule has 1 aromatic rings. The number of carbonyl (C=O) groups excluding carboxylic acids is 1. The second-order valence-corrected chi connectivity index (χ2v) is 4.87. The molecular formula is C14H21ClN2O2. The lowest BCUT2D eigenvalue weighted by Crippen LogP contribution is -2.42. The molecule has 1 unspecified atom stereocenters. The summed E-state index contributed by atoms with van der Waals surface area (Å²) >= 11 is 5.90. The van der Waals surface area contributed by atoms with Gasteiger partial charge in [-0.1, -0.05) is 25.4 Å². The molecule has 0 radical (unpaired) electrons. The molecule has 1 amide bonds. The number of rotatable bonds is 6. The topological polar surface area (TPSA) is 64.3 Å². The van der Waals surface area contributed by atoms with Crippen LogP contribution < -0.4 is 15.8 Å². The number of nitrogens with one attached hydrogen (secondary N) is 1. The minimum absolute atomic E-state index is 0.123. The SMILES string of the molecule is CCC(CC)NC(=O)C(C)Oc1ccc(N)c(Cl)c1. The van der Waals surface area contributed by atoms with E-state index in [0.29, 0.717) is 16.5 Å². The number of anilines is 1. The van der Waals surface area contributed by atoms with Crippen LogP contribution in [0, 0.1) is 0 Å². The number of ether oxygens (including phenoxy) is 1. The zero-order chi connectivity index (χ0) is 14.4. The van der Waals surface area contributed by atoms with Crippen LogP contribution in [0.4, 0.5) is 5.69 Å². The van der Waals surface area contributed by atoms with Gasteiger partial charge in [-0.25, -0.2) is 0 Å². The van der Waals surface area contributed by atoms with Crippen molar-refractivity contribution in [3.8, 4) is 5.75 Å². The minimum Gasteiger partial charge on any atom is -0.481 e. The summed E-state index contributed by atoms with van der Waals surface area (Å²) in [6.45, 7) is 5.79. The summed E-state index contributed by atoms with van der Waals surface area (Å²) in [5.74, 6) is 0.410. The molecule has 106 valence electrons. The Morgan fingerprint density at radius 1 is 1.42 bits per heavy atom. The first-order chi connectivity index (χ1) is 8.97. The first kappa shape index (κ1) is 15.6. The molecule has 0 aliphatic carbocycles. The highest BCUT2D eigenvalue weighted by atomic mass is 35.5. The predicted molar refractivity (Wildman–Crippen MR) is 78.5 cm³/mol. The Kier molecular flexibility index (Phi) is 5.96. The van der Waals surface area contributed by atoms with Crippen molar-refractivity contribution in [3.63, 3.8) is 0 Å². The van der Waals surface area contributed by atoms with Gasteiger partial charge in [0.15, 0.2) is 6.10 Å². The van der Waals surface area contributed by atoms with Crippen molar-refractivity contribution in [2.75, 3.05) is 5.73 Å². The third-order valence-electron chi connectivity index (χ3n) is 2.99. The van der Waals surface area contributed by atoms with Crippen LogP contribution in [0.3, 0.4) is 0 Å². The van der Waals surface area contributed by atoms with Crippen molar-refractivity contribution in [3.05, 3.63) is 23.2 Å². The monoisotopic (exact) mass is 284 g/mol. The summed E-state index contributed by atoms with van der Waals surface area (Å²) in [6, 6.07) is 5.15. The fourth-order valence-corrected chi connectivity index (χ4v) is 1.82. The van der Waals surface area contributed by atoms with Crippen LogP contribution in [0.2, 0.25) is 5.02 Å². The first-order valence-corrected chi connectivity index (χ1v) is 6.87. The van der Waals surface area contributed by atoms with Gasteiger partial charge in [0.05, 0.1) is 10.7 Å². The van der Waals surface area contributed by atoms with Crippen molar-refractivity contribution >= 4 is 23.2 Å². The Bertz CT molecular complexity index is 433. The molecular weight excluding hydrogens is 264 g/mol. The Morgan fingerprint density at radius 3 is 2.58 bits per heavy atom. The molecule has 0 aliphatic rings. The summed E-state index contributed by atoms with van der Waals surface area (Å²) in [7, 11) is 0. The molecule has 5 heteroatoms.